The number of nitrogens with zero attached hydrogens (tertiary/aromatic N) is 1. The van der Waals surface area contributed by atoms with Crippen LogP contribution in [0.3, 0.4) is 0 Å². The summed E-state index contributed by atoms with van der Waals surface area (Å²) < 4.78 is 11.7. The van der Waals surface area contributed by atoms with Crippen LogP contribution in [0.2, 0.25) is 0 Å². The molecule has 6 atom stereocenters. The second-order valence-electron chi connectivity index (χ2n) is 11.6. The molecule has 40 heavy (non-hydrogen) atoms. The van der Waals surface area contributed by atoms with E-state index in [0.29, 0.717) is 55.8 Å². The maximum absolute atomic E-state index is 12.0. The van der Waals surface area contributed by atoms with E-state index in [2.05, 4.69) is 22.5 Å². The third-order valence-corrected chi connectivity index (χ3v) is 8.64. The fourth-order valence-electron chi connectivity index (χ4n) is 6.32. The third kappa shape index (κ3) is 9.82. The van der Waals surface area contributed by atoms with Crippen LogP contribution >= 0.6 is 0 Å². The van der Waals surface area contributed by atoms with Crippen LogP contribution in [0.1, 0.15) is 64.4 Å². The monoisotopic (exact) mass is 562 g/mol. The molecule has 1 aromatic carbocycles. The average molecular weight is 563 g/mol. The predicted molar refractivity (Wildman–Crippen MR) is 155 cm³/mol. The van der Waals surface area contributed by atoms with E-state index in [9.17, 15) is 20.1 Å². The van der Waals surface area contributed by atoms with Crippen molar-refractivity contribution in [3.05, 3.63) is 23.8 Å². The van der Waals surface area contributed by atoms with Crippen molar-refractivity contribution in [3.63, 3.8) is 0 Å². The first-order valence-electron chi connectivity index (χ1n) is 14.8. The summed E-state index contributed by atoms with van der Waals surface area (Å²) in [6.07, 6.45) is 4.53. The van der Waals surface area contributed by atoms with E-state index in [1.165, 1.54) is 6.92 Å². The molecule has 0 aromatic heterocycles. The van der Waals surface area contributed by atoms with Gasteiger partial charge in [-0.15, -0.1) is 0 Å². The first kappa shape index (κ1) is 32.0. The van der Waals surface area contributed by atoms with E-state index < -0.39 is 12.2 Å². The lowest BCUT2D eigenvalue weighted by Gasteiger charge is -2.43. The summed E-state index contributed by atoms with van der Waals surface area (Å²) in [5.41, 5.74) is 6.82. The second-order valence-corrected chi connectivity index (χ2v) is 11.6. The summed E-state index contributed by atoms with van der Waals surface area (Å²) in [7, 11) is 1.64. The summed E-state index contributed by atoms with van der Waals surface area (Å²) in [5.74, 6) is 1.50. The van der Waals surface area contributed by atoms with Crippen molar-refractivity contribution in [2.75, 3.05) is 33.3 Å². The Morgan fingerprint density at radius 2 is 2.00 bits per heavy atom. The van der Waals surface area contributed by atoms with E-state index in [4.69, 9.17) is 15.2 Å². The molecule has 0 bridgehead atoms. The van der Waals surface area contributed by atoms with Gasteiger partial charge in [0, 0.05) is 33.5 Å². The molecule has 2 aliphatic rings. The minimum absolute atomic E-state index is 0.0216. The Labute approximate surface area is 238 Å². The van der Waals surface area contributed by atoms with Crippen LogP contribution in [0.15, 0.2) is 23.2 Å². The quantitative estimate of drug-likeness (QED) is 0.121. The van der Waals surface area contributed by atoms with E-state index in [1.54, 1.807) is 13.1 Å². The Morgan fingerprint density at radius 1 is 1.25 bits per heavy atom. The molecule has 10 heteroatoms. The number of carbonyl (C=O) groups is 1. The first-order chi connectivity index (χ1) is 19.2. The summed E-state index contributed by atoms with van der Waals surface area (Å²) in [6, 6.07) is 5.37. The molecular weight excluding hydrogens is 512 g/mol. The number of aryl methyl sites for hydroxylation is 1. The number of nitrogens with two attached hydrogens (primary N) is 1. The number of aliphatic hydroxyl groups is 2. The molecule has 226 valence electrons. The van der Waals surface area contributed by atoms with Gasteiger partial charge in [0.2, 0.25) is 0 Å². The Balaban J connectivity index is 1.65. The van der Waals surface area contributed by atoms with E-state index in [0.717, 1.165) is 44.3 Å². The van der Waals surface area contributed by atoms with Crippen molar-refractivity contribution >= 4 is 11.9 Å². The zero-order chi connectivity index (χ0) is 29.1. The van der Waals surface area contributed by atoms with Crippen LogP contribution < -0.4 is 21.1 Å². The zero-order valence-corrected chi connectivity index (χ0v) is 24.3. The van der Waals surface area contributed by atoms with Gasteiger partial charge in [0.25, 0.3) is 0 Å². The molecule has 1 aromatic rings. The zero-order valence-electron chi connectivity index (χ0n) is 24.3. The van der Waals surface area contributed by atoms with Crippen molar-refractivity contribution in [2.24, 2.45) is 34.4 Å². The van der Waals surface area contributed by atoms with Gasteiger partial charge in [-0.05, 0) is 99.4 Å². The smallest absolute Gasteiger partial charge is 0.302 e. The fourth-order valence-corrected chi connectivity index (χ4v) is 6.32. The molecule has 0 radical (unpaired) electrons. The SMILES string of the molecule is CN=C(N)NC[C@H]1C[C@@H]([C@H](O)C[C@@H](CCc2ccc(O)c(OC3CCNCC3)c2)OC(C)=O)[C@H](CCO)C[C@H]1C. The normalized spacial score (nSPS) is 25.7. The Hall–Kier alpha value is -2.56. The summed E-state index contributed by atoms with van der Waals surface area (Å²) >= 11 is 0. The maximum Gasteiger partial charge on any atom is 0.302 e. The number of piperidine rings is 1. The van der Waals surface area contributed by atoms with E-state index in [-0.39, 0.29) is 36.3 Å². The molecular formula is C30H50N4O6. The van der Waals surface area contributed by atoms with Crippen molar-refractivity contribution < 1.29 is 29.6 Å². The number of aliphatic hydroxyl groups excluding tert-OH is 2. The van der Waals surface area contributed by atoms with Gasteiger partial charge in [0.15, 0.2) is 17.5 Å². The van der Waals surface area contributed by atoms with E-state index >= 15 is 0 Å². The Morgan fingerprint density at radius 3 is 2.67 bits per heavy atom. The number of phenolic OH excluding ortho intramolecular Hbond substituents is 1. The fraction of sp³-hybridized carbons (Fsp3) is 0.733. The summed E-state index contributed by atoms with van der Waals surface area (Å²) in [6.45, 7) is 6.15. The van der Waals surface area contributed by atoms with Crippen molar-refractivity contribution in [1.82, 2.24) is 10.6 Å². The van der Waals surface area contributed by atoms with Crippen LogP contribution in [-0.4, -0.2) is 78.8 Å². The molecule has 0 unspecified atom stereocenters. The lowest BCUT2D eigenvalue weighted by molar-refractivity contribution is -0.149. The molecule has 1 aliphatic heterocycles. The molecule has 1 heterocycles. The van der Waals surface area contributed by atoms with Gasteiger partial charge in [0.1, 0.15) is 12.2 Å². The lowest BCUT2D eigenvalue weighted by atomic mass is 9.65. The van der Waals surface area contributed by atoms with Gasteiger partial charge in [-0.2, -0.15) is 0 Å². The molecule has 1 saturated heterocycles. The minimum Gasteiger partial charge on any atom is -0.504 e. The number of phenols is 1. The molecule has 0 spiro atoms. The third-order valence-electron chi connectivity index (χ3n) is 8.64. The van der Waals surface area contributed by atoms with Crippen LogP contribution in [-0.2, 0) is 16.0 Å². The van der Waals surface area contributed by atoms with Gasteiger partial charge >= 0.3 is 5.97 Å². The molecule has 10 nitrogen and oxygen atoms in total. The molecule has 0 amide bonds. The molecule has 3 rings (SSSR count). The topological polar surface area (TPSA) is 159 Å². The van der Waals surface area contributed by atoms with Crippen molar-refractivity contribution in [2.45, 2.75) is 83.5 Å². The second kappa shape index (κ2) is 16.0. The Kier molecular flexibility index (Phi) is 12.8. The number of hydrogen-bond acceptors (Lipinski definition) is 8. The summed E-state index contributed by atoms with van der Waals surface area (Å²) in [4.78, 5) is 15.9. The number of hydrogen-bond donors (Lipinski definition) is 6. The number of ether oxygens (including phenoxy) is 2. The number of guanidine groups is 1. The van der Waals surface area contributed by atoms with Gasteiger partial charge in [-0.25, -0.2) is 0 Å². The van der Waals surface area contributed by atoms with Crippen LogP contribution in [0.4, 0.5) is 0 Å². The first-order valence-corrected chi connectivity index (χ1v) is 14.8. The highest BCUT2D eigenvalue weighted by Crippen LogP contribution is 2.42. The van der Waals surface area contributed by atoms with Gasteiger partial charge in [0.05, 0.1) is 6.10 Å². The number of rotatable bonds is 13. The van der Waals surface area contributed by atoms with Crippen LogP contribution in [0, 0.1) is 23.7 Å². The molecule has 2 fully saturated rings. The van der Waals surface area contributed by atoms with Gasteiger partial charge in [-0.1, -0.05) is 13.0 Å². The molecule has 1 aliphatic carbocycles. The highest BCUT2D eigenvalue weighted by Gasteiger charge is 2.39. The van der Waals surface area contributed by atoms with Crippen LogP contribution in [0.5, 0.6) is 11.5 Å². The number of aliphatic imine (C=N–C) groups is 1. The Bertz CT molecular complexity index is 954. The van der Waals surface area contributed by atoms with Gasteiger partial charge in [-0.3, -0.25) is 9.79 Å². The van der Waals surface area contributed by atoms with Crippen molar-refractivity contribution in [3.8, 4) is 11.5 Å². The number of aromatic hydroxyl groups is 1. The largest absolute Gasteiger partial charge is 0.504 e. The van der Waals surface area contributed by atoms with Crippen LogP contribution in [0.25, 0.3) is 0 Å². The average Bonchev–Trinajstić information content (AvgIpc) is 2.93. The predicted octanol–water partition coefficient (Wildman–Crippen LogP) is 2.33. The molecule has 7 N–H and O–H groups in total. The number of benzene rings is 1. The maximum atomic E-state index is 12.0. The minimum atomic E-state index is -0.674. The number of esters is 1. The van der Waals surface area contributed by atoms with Gasteiger partial charge < -0.3 is 41.2 Å². The van der Waals surface area contributed by atoms with Crippen molar-refractivity contribution in [1.29, 1.82) is 0 Å². The standard InChI is InChI=1S/C30H50N4O6/c1-19-14-22(10-13-35)26(16-23(19)18-34-30(31)32-3)28(38)17-25(39-20(2)36)6-4-21-5-7-27(37)29(15-21)40-24-8-11-33-12-9-24/h5,7,15,19,22-26,28,33,35,37-38H,4,6,8-14,16-18H2,1-3H3,(H3,31,32,34)/t19-,22-,23-,25-,26-,28-/m1/s1. The summed E-state index contributed by atoms with van der Waals surface area (Å²) in [5, 5.41) is 38.0. The highest BCUT2D eigenvalue weighted by atomic mass is 16.5. The van der Waals surface area contributed by atoms with E-state index in [1.807, 2.05) is 12.1 Å². The molecule has 1 saturated carbocycles. The highest BCUT2D eigenvalue weighted by molar-refractivity contribution is 5.77. The number of nitrogens with one attached hydrogen (secondary N) is 2. The number of carbonyl (C=O) groups excluding carboxylic acids is 1. The lowest BCUT2D eigenvalue weighted by Crippen LogP contribution is -2.44.